The van der Waals surface area contributed by atoms with Crippen LogP contribution in [0.25, 0.3) is 0 Å². The number of hydrogen-bond donors (Lipinski definition) is 2. The molecule has 2 aliphatic heterocycles. The van der Waals surface area contributed by atoms with E-state index >= 15 is 0 Å². The Morgan fingerprint density at radius 1 is 1.32 bits per heavy atom. The molecule has 1 aromatic heterocycles. The van der Waals surface area contributed by atoms with Crippen molar-refractivity contribution in [2.24, 2.45) is 11.7 Å². The van der Waals surface area contributed by atoms with Crippen LogP contribution in [0.4, 0.5) is 13.2 Å². The van der Waals surface area contributed by atoms with Crippen LogP contribution < -0.4 is 10.5 Å². The average molecular weight is 496 g/mol. The largest absolute Gasteiger partial charge is 0.420 e. The van der Waals surface area contributed by atoms with Gasteiger partial charge in [-0.1, -0.05) is 19.9 Å². The summed E-state index contributed by atoms with van der Waals surface area (Å²) in [5.41, 5.74) is 5.37. The number of alkyl halides is 3. The summed E-state index contributed by atoms with van der Waals surface area (Å²) in [6.07, 6.45) is -3.60. The van der Waals surface area contributed by atoms with E-state index in [1.165, 1.54) is 4.31 Å². The molecular formula is C22H24F3N5O3S. The van der Waals surface area contributed by atoms with Crippen LogP contribution in [-0.4, -0.2) is 42.3 Å². The molecule has 0 spiro atoms. The van der Waals surface area contributed by atoms with Crippen molar-refractivity contribution in [1.82, 2.24) is 14.5 Å². The van der Waals surface area contributed by atoms with Gasteiger partial charge >= 0.3 is 6.18 Å². The van der Waals surface area contributed by atoms with Crippen LogP contribution in [-0.2, 0) is 21.6 Å². The van der Waals surface area contributed by atoms with Crippen LogP contribution >= 0.6 is 0 Å². The first-order valence-corrected chi connectivity index (χ1v) is 12.4. The highest BCUT2D eigenvalue weighted by molar-refractivity contribution is 7.88. The van der Waals surface area contributed by atoms with E-state index in [4.69, 9.17) is 10.5 Å². The molecular weight excluding hydrogens is 471 g/mol. The highest BCUT2D eigenvalue weighted by Crippen LogP contribution is 2.53. The van der Waals surface area contributed by atoms with Gasteiger partial charge in [-0.15, -0.1) is 5.10 Å². The maximum atomic E-state index is 14.0. The number of rotatable bonds is 4. The van der Waals surface area contributed by atoms with Crippen LogP contribution in [0.2, 0.25) is 0 Å². The van der Waals surface area contributed by atoms with E-state index in [0.29, 0.717) is 16.8 Å². The van der Waals surface area contributed by atoms with Gasteiger partial charge in [-0.05, 0) is 36.1 Å². The molecule has 1 unspecified atom stereocenters. The number of fused-ring (bicyclic) bond motifs is 1. The summed E-state index contributed by atoms with van der Waals surface area (Å²) in [4.78, 5) is 0. The standard InChI is InChI=1S/C22H24F3N5O3S/c1-11(2)21(17(8-26)19(27)33-20-18(21)12(3)28-29-20)15-5-13(6-16(7-15)22(23,24)25)14-9-30(10-14)34(4,31)32/h5-7,11,14H,9-10,27H2,1-4H3,(H,28,29). The fourth-order valence-corrected chi connectivity index (χ4v) is 5.86. The Hall–Kier alpha value is -3.04. The zero-order chi connectivity index (χ0) is 25.2. The monoisotopic (exact) mass is 495 g/mol. The Kier molecular flexibility index (Phi) is 5.49. The molecule has 0 amide bonds. The predicted molar refractivity (Wildman–Crippen MR) is 117 cm³/mol. The van der Waals surface area contributed by atoms with E-state index in [0.717, 1.165) is 18.4 Å². The van der Waals surface area contributed by atoms with Crippen LogP contribution in [0.5, 0.6) is 5.88 Å². The predicted octanol–water partition coefficient (Wildman–Crippen LogP) is 3.12. The van der Waals surface area contributed by atoms with E-state index < -0.39 is 39.0 Å². The van der Waals surface area contributed by atoms with Crippen LogP contribution in [0.3, 0.4) is 0 Å². The number of nitrogens with two attached hydrogens (primary N) is 1. The number of aromatic nitrogens is 2. The molecule has 1 saturated heterocycles. The summed E-state index contributed by atoms with van der Waals surface area (Å²) in [5, 5.41) is 17.0. The van der Waals surface area contributed by atoms with E-state index in [9.17, 15) is 26.9 Å². The fourth-order valence-electron chi connectivity index (χ4n) is 4.96. The number of H-pyrrole nitrogens is 1. The molecule has 12 heteroatoms. The van der Waals surface area contributed by atoms with Gasteiger partial charge in [-0.2, -0.15) is 18.4 Å². The average Bonchev–Trinajstić information content (AvgIpc) is 3.04. The number of aryl methyl sites for hydroxylation is 1. The molecule has 2 aromatic rings. The number of halogens is 3. The van der Waals surface area contributed by atoms with Gasteiger partial charge < -0.3 is 10.5 Å². The maximum Gasteiger partial charge on any atom is 0.416 e. The first-order valence-electron chi connectivity index (χ1n) is 10.5. The second-order valence-corrected chi connectivity index (χ2v) is 11.0. The molecule has 34 heavy (non-hydrogen) atoms. The molecule has 3 heterocycles. The van der Waals surface area contributed by atoms with Gasteiger partial charge in [0.2, 0.25) is 21.8 Å². The van der Waals surface area contributed by atoms with Gasteiger partial charge in [-0.25, -0.2) is 12.7 Å². The minimum absolute atomic E-state index is 0.00357. The van der Waals surface area contributed by atoms with Crippen LogP contribution in [0, 0.1) is 24.2 Å². The molecule has 1 atom stereocenters. The lowest BCUT2D eigenvalue weighted by atomic mass is 9.61. The fraction of sp³-hybridized carbons (Fsp3) is 0.455. The lowest BCUT2D eigenvalue weighted by Crippen LogP contribution is -2.48. The molecule has 1 fully saturated rings. The number of ether oxygens (including phenoxy) is 1. The Labute approximate surface area is 195 Å². The number of nitrogens with one attached hydrogen (secondary N) is 1. The summed E-state index contributed by atoms with van der Waals surface area (Å²) >= 11 is 0. The Morgan fingerprint density at radius 2 is 1.97 bits per heavy atom. The molecule has 2 aliphatic rings. The topological polar surface area (TPSA) is 125 Å². The number of sulfonamides is 1. The molecule has 4 rings (SSSR count). The van der Waals surface area contributed by atoms with Gasteiger partial charge in [0, 0.05) is 24.7 Å². The molecule has 0 bridgehead atoms. The van der Waals surface area contributed by atoms with E-state index in [-0.39, 0.29) is 36.0 Å². The second-order valence-electron chi connectivity index (χ2n) is 9.06. The number of hydrogen-bond acceptors (Lipinski definition) is 6. The van der Waals surface area contributed by atoms with Crippen LogP contribution in [0.1, 0.15) is 47.7 Å². The third-order valence-electron chi connectivity index (χ3n) is 6.66. The Bertz CT molecular complexity index is 1330. The molecule has 3 N–H and O–H groups in total. The van der Waals surface area contributed by atoms with Crippen molar-refractivity contribution < 1.29 is 26.3 Å². The quantitative estimate of drug-likeness (QED) is 0.672. The lowest BCUT2D eigenvalue weighted by molar-refractivity contribution is -0.137. The van der Waals surface area contributed by atoms with E-state index in [1.54, 1.807) is 26.8 Å². The number of nitriles is 1. The highest BCUT2D eigenvalue weighted by atomic mass is 32.2. The van der Waals surface area contributed by atoms with Crippen molar-refractivity contribution in [2.45, 2.75) is 38.3 Å². The van der Waals surface area contributed by atoms with Gasteiger partial charge in [0.15, 0.2) is 0 Å². The molecule has 0 saturated carbocycles. The summed E-state index contributed by atoms with van der Waals surface area (Å²) in [7, 11) is -3.44. The first-order chi connectivity index (χ1) is 15.7. The summed E-state index contributed by atoms with van der Waals surface area (Å²) in [6, 6.07) is 5.76. The van der Waals surface area contributed by atoms with E-state index in [1.807, 2.05) is 0 Å². The van der Waals surface area contributed by atoms with Crippen molar-refractivity contribution in [2.75, 3.05) is 19.3 Å². The van der Waals surface area contributed by atoms with Gasteiger partial charge in [0.05, 0.1) is 22.8 Å². The molecule has 0 aliphatic carbocycles. The molecule has 182 valence electrons. The third kappa shape index (κ3) is 3.54. The minimum Gasteiger partial charge on any atom is -0.420 e. The van der Waals surface area contributed by atoms with Crippen molar-refractivity contribution in [3.8, 4) is 11.9 Å². The van der Waals surface area contributed by atoms with Gasteiger partial charge in [0.25, 0.3) is 0 Å². The smallest absolute Gasteiger partial charge is 0.416 e. The zero-order valence-electron chi connectivity index (χ0n) is 19.0. The second kappa shape index (κ2) is 7.74. The Balaban J connectivity index is 2.00. The summed E-state index contributed by atoms with van der Waals surface area (Å²) in [5.74, 6) is -0.948. The van der Waals surface area contributed by atoms with Crippen molar-refractivity contribution in [3.63, 3.8) is 0 Å². The molecule has 1 aromatic carbocycles. The third-order valence-corrected chi connectivity index (χ3v) is 7.90. The summed E-state index contributed by atoms with van der Waals surface area (Å²) < 4.78 is 72.4. The zero-order valence-corrected chi connectivity index (χ0v) is 19.8. The van der Waals surface area contributed by atoms with Crippen molar-refractivity contribution >= 4 is 10.0 Å². The van der Waals surface area contributed by atoms with Gasteiger partial charge in [-0.3, -0.25) is 5.10 Å². The van der Waals surface area contributed by atoms with Crippen LogP contribution in [0.15, 0.2) is 29.7 Å². The number of benzene rings is 1. The van der Waals surface area contributed by atoms with Crippen molar-refractivity contribution in [3.05, 3.63) is 57.6 Å². The SMILES string of the molecule is Cc1[nH]nc2c1C(c1cc(C3CN(S(C)(=O)=O)C3)cc(C(F)(F)F)c1)(C(C)C)C(C#N)=C(N)O2. The molecule has 8 nitrogen and oxygen atoms in total. The Morgan fingerprint density at radius 3 is 2.50 bits per heavy atom. The maximum absolute atomic E-state index is 14.0. The normalized spacial score (nSPS) is 21.7. The molecule has 0 radical (unpaired) electrons. The first kappa shape index (κ1) is 24.1. The lowest BCUT2D eigenvalue weighted by Gasteiger charge is -2.42. The number of allylic oxidation sites excluding steroid dienone is 1. The van der Waals surface area contributed by atoms with Crippen molar-refractivity contribution in [1.29, 1.82) is 5.26 Å². The van der Waals surface area contributed by atoms with E-state index in [2.05, 4.69) is 16.3 Å². The minimum atomic E-state index is -4.66. The number of nitrogens with zero attached hydrogens (tertiary/aromatic N) is 3. The summed E-state index contributed by atoms with van der Waals surface area (Å²) in [6.45, 7) is 5.45. The number of aromatic amines is 1. The highest BCUT2D eigenvalue weighted by Gasteiger charge is 2.51. The van der Waals surface area contributed by atoms with Gasteiger partial charge in [0.1, 0.15) is 11.6 Å².